The fourth-order valence-corrected chi connectivity index (χ4v) is 3.94. The Hall–Kier alpha value is -3.12. The van der Waals surface area contributed by atoms with Gasteiger partial charge in [-0.1, -0.05) is 30.4 Å². The van der Waals surface area contributed by atoms with Gasteiger partial charge in [-0.25, -0.2) is 0 Å². The van der Waals surface area contributed by atoms with Crippen molar-refractivity contribution in [1.29, 1.82) is 0 Å². The molecule has 2 aliphatic rings. The third-order valence-corrected chi connectivity index (χ3v) is 5.13. The minimum absolute atomic E-state index is 0.357. The zero-order valence-electron chi connectivity index (χ0n) is 13.6. The van der Waals surface area contributed by atoms with Gasteiger partial charge >= 0.3 is 5.97 Å². The quantitative estimate of drug-likeness (QED) is 0.709. The maximum absolute atomic E-state index is 12.7. The molecule has 2 N–H and O–H groups in total. The largest absolute Gasteiger partial charge is 0.481 e. The van der Waals surface area contributed by atoms with Crippen molar-refractivity contribution in [2.45, 2.75) is 12.2 Å². The molecule has 130 valence electrons. The molecule has 1 fully saturated rings. The SMILES string of the molecule is O=C(Nc1ccc2c(c1)oc1ccccc12)[C@@H]1[C@H](C(=O)O)[C@H]2C=C[C@H]1O2. The van der Waals surface area contributed by atoms with Crippen LogP contribution >= 0.6 is 0 Å². The molecule has 6 heteroatoms. The molecule has 2 aliphatic heterocycles. The van der Waals surface area contributed by atoms with Gasteiger partial charge < -0.3 is 19.6 Å². The molecule has 0 saturated carbocycles. The molecule has 6 nitrogen and oxygen atoms in total. The van der Waals surface area contributed by atoms with E-state index in [0.29, 0.717) is 11.3 Å². The van der Waals surface area contributed by atoms with Crippen LogP contribution in [0.1, 0.15) is 0 Å². The number of carbonyl (C=O) groups is 2. The van der Waals surface area contributed by atoms with Crippen LogP contribution in [0.5, 0.6) is 0 Å². The van der Waals surface area contributed by atoms with Crippen LogP contribution in [-0.2, 0) is 14.3 Å². The van der Waals surface area contributed by atoms with E-state index >= 15 is 0 Å². The number of para-hydroxylation sites is 1. The summed E-state index contributed by atoms with van der Waals surface area (Å²) in [5, 5.41) is 14.2. The highest BCUT2D eigenvalue weighted by atomic mass is 16.5. The van der Waals surface area contributed by atoms with E-state index in [0.717, 1.165) is 16.4 Å². The van der Waals surface area contributed by atoms with Crippen molar-refractivity contribution in [2.75, 3.05) is 5.32 Å². The smallest absolute Gasteiger partial charge is 0.310 e. The van der Waals surface area contributed by atoms with Gasteiger partial charge in [0.05, 0.1) is 18.1 Å². The number of nitrogens with one attached hydrogen (secondary N) is 1. The Bertz CT molecular complexity index is 1080. The van der Waals surface area contributed by atoms with Crippen LogP contribution in [0.4, 0.5) is 5.69 Å². The Balaban J connectivity index is 1.45. The highest BCUT2D eigenvalue weighted by Crippen LogP contribution is 2.40. The normalized spacial score (nSPS) is 26.6. The zero-order chi connectivity index (χ0) is 17.8. The Morgan fingerprint density at radius 2 is 1.65 bits per heavy atom. The number of amides is 1. The lowest BCUT2D eigenvalue weighted by molar-refractivity contribution is -0.145. The van der Waals surface area contributed by atoms with Crippen molar-refractivity contribution in [3.63, 3.8) is 0 Å². The predicted molar refractivity (Wildman–Crippen MR) is 94.8 cm³/mol. The molecule has 3 aromatic rings. The second-order valence-electron chi connectivity index (χ2n) is 6.64. The molecule has 1 amide bonds. The van der Waals surface area contributed by atoms with Crippen LogP contribution < -0.4 is 5.32 Å². The maximum Gasteiger partial charge on any atom is 0.310 e. The molecular formula is C20H15NO5. The minimum atomic E-state index is -1.02. The van der Waals surface area contributed by atoms with E-state index in [2.05, 4.69) is 5.32 Å². The average molecular weight is 349 g/mol. The first kappa shape index (κ1) is 15.2. The lowest BCUT2D eigenvalue weighted by Gasteiger charge is -2.20. The van der Waals surface area contributed by atoms with Gasteiger partial charge in [-0.3, -0.25) is 9.59 Å². The molecule has 1 aromatic heterocycles. The number of furan rings is 1. The van der Waals surface area contributed by atoms with Crippen LogP contribution in [0, 0.1) is 11.8 Å². The first-order chi connectivity index (χ1) is 12.6. The monoisotopic (exact) mass is 349 g/mol. The molecule has 2 aromatic carbocycles. The summed E-state index contributed by atoms with van der Waals surface area (Å²) < 4.78 is 11.4. The number of ether oxygens (including phenoxy) is 1. The van der Waals surface area contributed by atoms with Crippen LogP contribution in [0.3, 0.4) is 0 Å². The van der Waals surface area contributed by atoms with E-state index in [9.17, 15) is 14.7 Å². The van der Waals surface area contributed by atoms with Crippen molar-refractivity contribution in [3.05, 3.63) is 54.6 Å². The summed E-state index contributed by atoms with van der Waals surface area (Å²) in [6.07, 6.45) is 2.45. The highest BCUT2D eigenvalue weighted by Gasteiger charge is 2.53. The lowest BCUT2D eigenvalue weighted by atomic mass is 9.82. The van der Waals surface area contributed by atoms with Gasteiger partial charge in [0.25, 0.3) is 0 Å². The second kappa shape index (κ2) is 5.44. The van der Waals surface area contributed by atoms with Crippen molar-refractivity contribution in [2.24, 2.45) is 11.8 Å². The molecule has 5 rings (SSSR count). The van der Waals surface area contributed by atoms with E-state index < -0.39 is 30.0 Å². The molecule has 26 heavy (non-hydrogen) atoms. The standard InChI is InChI=1S/C20H15NO5/c22-19(17-14-7-8-15(26-14)18(17)20(23)24)21-10-5-6-12-11-3-1-2-4-13(11)25-16(12)9-10/h1-9,14-15,17-18H,(H,21,22)(H,23,24)/t14-,15-,17+,18-/m1/s1. The fourth-order valence-electron chi connectivity index (χ4n) is 3.94. The summed E-state index contributed by atoms with van der Waals surface area (Å²) in [6.45, 7) is 0. The van der Waals surface area contributed by atoms with E-state index in [1.165, 1.54) is 0 Å². The summed E-state index contributed by atoms with van der Waals surface area (Å²) in [5.74, 6) is -2.98. The van der Waals surface area contributed by atoms with Crippen molar-refractivity contribution in [3.8, 4) is 0 Å². The summed E-state index contributed by atoms with van der Waals surface area (Å²) >= 11 is 0. The number of anilines is 1. The lowest BCUT2D eigenvalue weighted by Crippen LogP contribution is -2.39. The number of benzene rings is 2. The number of carboxylic acid groups (broad SMARTS) is 1. The Labute approximate surface area is 148 Å². The predicted octanol–water partition coefficient (Wildman–Crippen LogP) is 3.18. The zero-order valence-corrected chi connectivity index (χ0v) is 13.6. The molecule has 0 radical (unpaired) electrons. The molecule has 0 aliphatic carbocycles. The molecule has 3 heterocycles. The van der Waals surface area contributed by atoms with E-state index in [1.807, 2.05) is 30.3 Å². The van der Waals surface area contributed by atoms with Gasteiger partial charge in [0.1, 0.15) is 17.1 Å². The number of fused-ring (bicyclic) bond motifs is 5. The third kappa shape index (κ3) is 2.16. The number of carboxylic acids is 1. The van der Waals surface area contributed by atoms with Crippen LogP contribution in [-0.4, -0.2) is 29.2 Å². The summed E-state index contributed by atoms with van der Waals surface area (Å²) in [7, 11) is 0. The van der Waals surface area contributed by atoms with Gasteiger partial charge in [-0.05, 0) is 18.2 Å². The van der Waals surface area contributed by atoms with Crippen LogP contribution in [0.15, 0.2) is 59.0 Å². The Morgan fingerprint density at radius 3 is 2.46 bits per heavy atom. The third-order valence-electron chi connectivity index (χ3n) is 5.13. The van der Waals surface area contributed by atoms with Crippen LogP contribution in [0.2, 0.25) is 0 Å². The molecule has 2 bridgehead atoms. The number of aliphatic carboxylic acids is 1. The molecule has 0 unspecified atom stereocenters. The molecular weight excluding hydrogens is 334 g/mol. The molecule has 1 saturated heterocycles. The van der Waals surface area contributed by atoms with E-state index in [4.69, 9.17) is 9.15 Å². The average Bonchev–Trinajstić information content (AvgIpc) is 3.33. The fraction of sp³-hybridized carbons (Fsp3) is 0.200. The van der Waals surface area contributed by atoms with Crippen molar-refractivity contribution < 1.29 is 23.8 Å². The number of carbonyl (C=O) groups excluding carboxylic acids is 1. The van der Waals surface area contributed by atoms with Gasteiger partial charge in [0.2, 0.25) is 5.91 Å². The minimum Gasteiger partial charge on any atom is -0.481 e. The summed E-state index contributed by atoms with van der Waals surface area (Å²) in [6, 6.07) is 13.2. The van der Waals surface area contributed by atoms with Gasteiger partial charge in [-0.15, -0.1) is 0 Å². The van der Waals surface area contributed by atoms with E-state index in [-0.39, 0.29) is 5.91 Å². The van der Waals surface area contributed by atoms with Crippen molar-refractivity contribution in [1.82, 2.24) is 0 Å². The number of hydrogen-bond donors (Lipinski definition) is 2. The van der Waals surface area contributed by atoms with Crippen molar-refractivity contribution >= 4 is 39.5 Å². The van der Waals surface area contributed by atoms with Crippen LogP contribution in [0.25, 0.3) is 21.9 Å². The van der Waals surface area contributed by atoms with Gasteiger partial charge in [0, 0.05) is 22.5 Å². The Morgan fingerprint density at radius 1 is 0.923 bits per heavy atom. The summed E-state index contributed by atoms with van der Waals surface area (Å²) in [4.78, 5) is 24.2. The number of hydrogen-bond acceptors (Lipinski definition) is 4. The summed E-state index contributed by atoms with van der Waals surface area (Å²) in [5.41, 5.74) is 2.02. The first-order valence-corrected chi connectivity index (χ1v) is 8.40. The maximum atomic E-state index is 12.7. The highest BCUT2D eigenvalue weighted by molar-refractivity contribution is 6.06. The second-order valence-corrected chi connectivity index (χ2v) is 6.64. The molecule has 0 spiro atoms. The topological polar surface area (TPSA) is 88.8 Å². The molecule has 4 atom stereocenters. The van der Waals surface area contributed by atoms with Gasteiger partial charge in [0.15, 0.2) is 0 Å². The first-order valence-electron chi connectivity index (χ1n) is 8.40. The number of rotatable bonds is 3. The van der Waals surface area contributed by atoms with E-state index in [1.54, 1.807) is 24.3 Å². The van der Waals surface area contributed by atoms with Gasteiger partial charge in [-0.2, -0.15) is 0 Å². The Kier molecular flexibility index (Phi) is 3.17.